The lowest BCUT2D eigenvalue weighted by atomic mass is 9.97. The molecule has 0 spiro atoms. The fourth-order valence-electron chi connectivity index (χ4n) is 3.08. The molecule has 0 aliphatic carbocycles. The summed E-state index contributed by atoms with van der Waals surface area (Å²) in [5.41, 5.74) is 4.71. The molecule has 0 aliphatic rings. The van der Waals surface area contributed by atoms with E-state index in [2.05, 4.69) is 56.2 Å². The molecule has 154 valence electrons. The molecule has 0 bridgehead atoms. The Balaban J connectivity index is 1.94. The molecule has 0 radical (unpaired) electrons. The van der Waals surface area contributed by atoms with Gasteiger partial charge >= 0.3 is 0 Å². The van der Waals surface area contributed by atoms with Crippen LogP contribution in [-0.4, -0.2) is 13.2 Å². The molecular weight excluding hydrogens is 358 g/mol. The Hall–Kier alpha value is -2.94. The summed E-state index contributed by atoms with van der Waals surface area (Å²) in [6.45, 7) is 16.3. The van der Waals surface area contributed by atoms with Crippen molar-refractivity contribution in [2.75, 3.05) is 7.11 Å². The maximum absolute atomic E-state index is 5.55. The fourth-order valence-corrected chi connectivity index (χ4v) is 3.08. The SMILES string of the molecule is C=C(CCc1ccc(OC)cc1)NC(Cc1ccc(OC(=C)C)cc1)C(=C)CC. The Kier molecular flexibility index (Phi) is 8.60. The van der Waals surface area contributed by atoms with E-state index < -0.39 is 0 Å². The lowest BCUT2D eigenvalue weighted by Gasteiger charge is -2.23. The van der Waals surface area contributed by atoms with Crippen molar-refractivity contribution in [1.82, 2.24) is 5.32 Å². The molecule has 0 saturated carbocycles. The number of allylic oxidation sites excluding steroid dienone is 2. The van der Waals surface area contributed by atoms with Gasteiger partial charge in [0.1, 0.15) is 11.5 Å². The summed E-state index contributed by atoms with van der Waals surface area (Å²) < 4.78 is 10.8. The molecule has 1 unspecified atom stereocenters. The third-order valence-electron chi connectivity index (χ3n) is 4.86. The third kappa shape index (κ3) is 7.53. The number of hydrogen-bond donors (Lipinski definition) is 1. The van der Waals surface area contributed by atoms with Gasteiger partial charge < -0.3 is 14.8 Å². The smallest absolute Gasteiger partial charge is 0.126 e. The third-order valence-corrected chi connectivity index (χ3v) is 4.86. The standard InChI is InChI=1S/C26H33NO2/c1-7-20(4)26(18-23-12-16-25(17-13-23)29-19(2)3)27-21(5)8-9-22-10-14-24(28-6)15-11-22/h10-17,26-27H,2,4-5,7-9,18H2,1,3,6H3. The Morgan fingerprint density at radius 1 is 0.931 bits per heavy atom. The van der Waals surface area contributed by atoms with Crippen LogP contribution >= 0.6 is 0 Å². The number of nitrogens with one attached hydrogen (secondary N) is 1. The second-order valence-electron chi connectivity index (χ2n) is 7.31. The highest BCUT2D eigenvalue weighted by Gasteiger charge is 2.13. The molecule has 3 nitrogen and oxygen atoms in total. The predicted octanol–water partition coefficient (Wildman–Crippen LogP) is 6.22. The van der Waals surface area contributed by atoms with Gasteiger partial charge in [0.15, 0.2) is 0 Å². The maximum atomic E-state index is 5.55. The first kappa shape index (κ1) is 22.4. The zero-order valence-electron chi connectivity index (χ0n) is 18.0. The monoisotopic (exact) mass is 391 g/mol. The Labute approximate surface area is 175 Å². The van der Waals surface area contributed by atoms with Gasteiger partial charge in [0.05, 0.1) is 18.9 Å². The van der Waals surface area contributed by atoms with E-state index in [4.69, 9.17) is 9.47 Å². The fraction of sp³-hybridized carbons (Fsp3) is 0.308. The van der Waals surface area contributed by atoms with Gasteiger partial charge in [-0.1, -0.05) is 56.5 Å². The lowest BCUT2D eigenvalue weighted by molar-refractivity contribution is 0.414. The number of rotatable bonds is 12. The van der Waals surface area contributed by atoms with Gasteiger partial charge in [0, 0.05) is 5.70 Å². The molecule has 1 N–H and O–H groups in total. The van der Waals surface area contributed by atoms with E-state index in [1.54, 1.807) is 7.11 Å². The van der Waals surface area contributed by atoms with Crippen molar-refractivity contribution in [3.8, 4) is 11.5 Å². The molecule has 29 heavy (non-hydrogen) atoms. The van der Waals surface area contributed by atoms with Crippen LogP contribution in [0.4, 0.5) is 0 Å². The summed E-state index contributed by atoms with van der Waals surface area (Å²) in [6.07, 6.45) is 3.61. The van der Waals surface area contributed by atoms with Crippen molar-refractivity contribution in [3.63, 3.8) is 0 Å². The van der Waals surface area contributed by atoms with E-state index in [1.165, 1.54) is 16.7 Å². The molecule has 1 atom stereocenters. The minimum Gasteiger partial charge on any atom is -0.497 e. The highest BCUT2D eigenvalue weighted by molar-refractivity contribution is 5.30. The van der Waals surface area contributed by atoms with Crippen LogP contribution in [0.25, 0.3) is 0 Å². The molecule has 3 heteroatoms. The molecular formula is C26H33NO2. The van der Waals surface area contributed by atoms with Crippen LogP contribution in [0.15, 0.2) is 85.3 Å². The van der Waals surface area contributed by atoms with Crippen molar-refractivity contribution < 1.29 is 9.47 Å². The zero-order valence-corrected chi connectivity index (χ0v) is 18.0. The van der Waals surface area contributed by atoms with Crippen LogP contribution in [0.2, 0.25) is 0 Å². The van der Waals surface area contributed by atoms with Crippen molar-refractivity contribution in [3.05, 3.63) is 96.4 Å². The number of ether oxygens (including phenoxy) is 2. The number of hydrogen-bond acceptors (Lipinski definition) is 3. The molecule has 0 aliphatic heterocycles. The van der Waals surface area contributed by atoms with Crippen LogP contribution in [0.5, 0.6) is 11.5 Å². The van der Waals surface area contributed by atoms with E-state index in [0.717, 1.165) is 42.9 Å². The van der Waals surface area contributed by atoms with Crippen LogP contribution in [0.1, 0.15) is 37.8 Å². The summed E-state index contributed by atoms with van der Waals surface area (Å²) in [4.78, 5) is 0. The molecule has 0 aromatic heterocycles. The normalized spacial score (nSPS) is 11.4. The highest BCUT2D eigenvalue weighted by atomic mass is 16.5. The summed E-state index contributed by atoms with van der Waals surface area (Å²) >= 11 is 0. The second kappa shape index (κ2) is 11.2. The molecule has 2 aromatic rings. The second-order valence-corrected chi connectivity index (χ2v) is 7.31. The summed E-state index contributed by atoms with van der Waals surface area (Å²) in [5.74, 6) is 2.37. The Bertz CT molecular complexity index is 819. The first-order chi connectivity index (χ1) is 13.9. The Morgan fingerprint density at radius 2 is 1.52 bits per heavy atom. The summed E-state index contributed by atoms with van der Waals surface area (Å²) in [5, 5.41) is 3.59. The minimum atomic E-state index is 0.163. The van der Waals surface area contributed by atoms with E-state index >= 15 is 0 Å². The number of benzene rings is 2. The van der Waals surface area contributed by atoms with E-state index in [-0.39, 0.29) is 6.04 Å². The van der Waals surface area contributed by atoms with Crippen molar-refractivity contribution in [2.45, 2.75) is 45.6 Å². The molecule has 2 aromatic carbocycles. The number of methoxy groups -OCH3 is 1. The van der Waals surface area contributed by atoms with Gasteiger partial charge in [-0.05, 0) is 68.0 Å². The van der Waals surface area contributed by atoms with Crippen LogP contribution in [-0.2, 0) is 12.8 Å². The van der Waals surface area contributed by atoms with E-state index in [1.807, 2.05) is 31.2 Å². The average Bonchev–Trinajstić information content (AvgIpc) is 2.72. The Morgan fingerprint density at radius 3 is 2.07 bits per heavy atom. The molecule has 0 fully saturated rings. The van der Waals surface area contributed by atoms with Gasteiger partial charge in [-0.25, -0.2) is 0 Å². The zero-order chi connectivity index (χ0) is 21.2. The van der Waals surface area contributed by atoms with Gasteiger partial charge in [-0.15, -0.1) is 0 Å². The lowest BCUT2D eigenvalue weighted by Crippen LogP contribution is -2.32. The van der Waals surface area contributed by atoms with Gasteiger partial charge in [0.2, 0.25) is 0 Å². The van der Waals surface area contributed by atoms with Gasteiger partial charge in [-0.3, -0.25) is 0 Å². The van der Waals surface area contributed by atoms with E-state index in [9.17, 15) is 0 Å². The largest absolute Gasteiger partial charge is 0.497 e. The molecule has 0 saturated heterocycles. The molecule has 2 rings (SSSR count). The summed E-state index contributed by atoms with van der Waals surface area (Å²) in [7, 11) is 1.68. The first-order valence-electron chi connectivity index (χ1n) is 10.1. The van der Waals surface area contributed by atoms with Crippen molar-refractivity contribution in [1.29, 1.82) is 0 Å². The van der Waals surface area contributed by atoms with Crippen LogP contribution in [0, 0.1) is 0 Å². The first-order valence-corrected chi connectivity index (χ1v) is 10.1. The van der Waals surface area contributed by atoms with Crippen LogP contribution < -0.4 is 14.8 Å². The van der Waals surface area contributed by atoms with Crippen molar-refractivity contribution in [2.24, 2.45) is 0 Å². The average molecular weight is 392 g/mol. The minimum absolute atomic E-state index is 0.163. The highest BCUT2D eigenvalue weighted by Crippen LogP contribution is 2.19. The van der Waals surface area contributed by atoms with Gasteiger partial charge in [-0.2, -0.15) is 0 Å². The maximum Gasteiger partial charge on any atom is 0.126 e. The molecule has 0 heterocycles. The molecule has 0 amide bonds. The quantitative estimate of drug-likeness (QED) is 0.344. The number of aryl methyl sites for hydroxylation is 1. The van der Waals surface area contributed by atoms with Crippen LogP contribution in [0.3, 0.4) is 0 Å². The van der Waals surface area contributed by atoms with E-state index in [0.29, 0.717) is 5.76 Å². The van der Waals surface area contributed by atoms with Crippen molar-refractivity contribution >= 4 is 0 Å². The predicted molar refractivity (Wildman–Crippen MR) is 122 cm³/mol. The summed E-state index contributed by atoms with van der Waals surface area (Å²) in [6, 6.07) is 16.5. The van der Waals surface area contributed by atoms with Gasteiger partial charge in [0.25, 0.3) is 0 Å². The topological polar surface area (TPSA) is 30.5 Å².